The summed E-state index contributed by atoms with van der Waals surface area (Å²) in [6.45, 7) is 2.31. The number of carbonyl (C=O) groups is 1. The molecule has 124 valence electrons. The average Bonchev–Trinajstić information content (AvgIpc) is 3.21. The maximum atomic E-state index is 12.7. The minimum atomic E-state index is -0.218. The topological polar surface area (TPSA) is 108 Å². The standard InChI is InChI=1S/C16H18N6O2/c1-9-2-3-12-11(8-18-21-12)15(9)16(24)17-7-10-6-14(23)22-13(20-10)4-5-19-22/h4-6,8-9,15,19H,2-3,7H2,1H3,(H,17,24)(H,18,21). The molecule has 0 aromatic carbocycles. The molecule has 1 amide bonds. The normalized spacial score (nSPS) is 20.0. The number of H-pyrrole nitrogens is 2. The molecule has 0 saturated heterocycles. The smallest absolute Gasteiger partial charge is 0.272 e. The summed E-state index contributed by atoms with van der Waals surface area (Å²) in [5, 5.41) is 12.7. The summed E-state index contributed by atoms with van der Waals surface area (Å²) in [6, 6.07) is 3.14. The summed E-state index contributed by atoms with van der Waals surface area (Å²) < 4.78 is 1.35. The van der Waals surface area contributed by atoms with Crippen molar-refractivity contribution in [1.82, 2.24) is 30.1 Å². The van der Waals surface area contributed by atoms with Gasteiger partial charge < -0.3 is 5.32 Å². The van der Waals surface area contributed by atoms with Gasteiger partial charge in [0.25, 0.3) is 5.56 Å². The average molecular weight is 326 g/mol. The van der Waals surface area contributed by atoms with E-state index in [2.05, 4.69) is 32.5 Å². The second-order valence-electron chi connectivity index (χ2n) is 6.26. The molecule has 8 nitrogen and oxygen atoms in total. The Morgan fingerprint density at radius 2 is 2.38 bits per heavy atom. The molecule has 24 heavy (non-hydrogen) atoms. The minimum Gasteiger partial charge on any atom is -0.350 e. The van der Waals surface area contributed by atoms with Crippen molar-refractivity contribution < 1.29 is 4.79 Å². The number of fused-ring (bicyclic) bond motifs is 2. The highest BCUT2D eigenvalue weighted by atomic mass is 16.2. The molecule has 0 saturated carbocycles. The monoisotopic (exact) mass is 326 g/mol. The molecule has 2 atom stereocenters. The van der Waals surface area contributed by atoms with Gasteiger partial charge in [-0.3, -0.25) is 19.8 Å². The molecule has 0 aliphatic heterocycles. The first kappa shape index (κ1) is 14.7. The third kappa shape index (κ3) is 2.40. The van der Waals surface area contributed by atoms with Gasteiger partial charge in [0.15, 0.2) is 5.65 Å². The Kier molecular flexibility index (Phi) is 3.44. The lowest BCUT2D eigenvalue weighted by Crippen LogP contribution is -2.35. The van der Waals surface area contributed by atoms with Crippen LogP contribution in [-0.4, -0.2) is 30.7 Å². The molecule has 3 heterocycles. The zero-order chi connectivity index (χ0) is 16.7. The third-order valence-electron chi connectivity index (χ3n) is 4.67. The number of aromatic nitrogens is 5. The highest BCUT2D eigenvalue weighted by molar-refractivity contribution is 5.84. The Bertz CT molecular complexity index is 953. The summed E-state index contributed by atoms with van der Waals surface area (Å²) in [5.41, 5.74) is 2.90. The van der Waals surface area contributed by atoms with Crippen molar-refractivity contribution >= 4 is 11.6 Å². The quantitative estimate of drug-likeness (QED) is 0.659. The van der Waals surface area contributed by atoms with Crippen LogP contribution in [0.1, 0.15) is 36.2 Å². The van der Waals surface area contributed by atoms with Crippen LogP contribution in [0.4, 0.5) is 0 Å². The van der Waals surface area contributed by atoms with E-state index in [1.807, 2.05) is 0 Å². The lowest BCUT2D eigenvalue weighted by Gasteiger charge is -2.27. The molecule has 0 fully saturated rings. The van der Waals surface area contributed by atoms with Crippen LogP contribution in [0.15, 0.2) is 29.3 Å². The second kappa shape index (κ2) is 5.63. The van der Waals surface area contributed by atoms with Gasteiger partial charge in [0.2, 0.25) is 5.91 Å². The first-order chi connectivity index (χ1) is 11.6. The number of hydrogen-bond acceptors (Lipinski definition) is 4. The van der Waals surface area contributed by atoms with Crippen molar-refractivity contribution in [2.45, 2.75) is 32.2 Å². The van der Waals surface area contributed by atoms with Gasteiger partial charge in [0.1, 0.15) is 0 Å². The summed E-state index contributed by atoms with van der Waals surface area (Å²) in [7, 11) is 0. The van der Waals surface area contributed by atoms with Crippen molar-refractivity contribution in [3.63, 3.8) is 0 Å². The summed E-state index contributed by atoms with van der Waals surface area (Å²) in [5.74, 6) is -0.0219. The van der Waals surface area contributed by atoms with Gasteiger partial charge in [-0.05, 0) is 18.8 Å². The first-order valence-electron chi connectivity index (χ1n) is 7.99. The predicted octanol–water partition coefficient (Wildman–Crippen LogP) is 0.728. The van der Waals surface area contributed by atoms with Crippen LogP contribution in [0.3, 0.4) is 0 Å². The van der Waals surface area contributed by atoms with Gasteiger partial charge in [-0.2, -0.15) is 5.10 Å². The molecule has 0 radical (unpaired) electrons. The Morgan fingerprint density at radius 1 is 1.50 bits per heavy atom. The summed E-state index contributed by atoms with van der Waals surface area (Å²) >= 11 is 0. The molecule has 3 aromatic rings. The Hall–Kier alpha value is -2.90. The van der Waals surface area contributed by atoms with Crippen LogP contribution < -0.4 is 10.9 Å². The van der Waals surface area contributed by atoms with Crippen molar-refractivity contribution in [3.05, 3.63) is 51.8 Å². The summed E-state index contributed by atoms with van der Waals surface area (Å²) in [4.78, 5) is 29.0. The van der Waals surface area contributed by atoms with Gasteiger partial charge in [0.05, 0.1) is 24.4 Å². The molecule has 1 aliphatic rings. The number of aromatic amines is 2. The fraction of sp³-hybridized carbons (Fsp3) is 0.375. The zero-order valence-corrected chi connectivity index (χ0v) is 13.2. The lowest BCUT2D eigenvalue weighted by atomic mass is 9.78. The van der Waals surface area contributed by atoms with Gasteiger partial charge in [0, 0.05) is 29.6 Å². The maximum absolute atomic E-state index is 12.7. The van der Waals surface area contributed by atoms with Crippen LogP contribution in [-0.2, 0) is 17.8 Å². The van der Waals surface area contributed by atoms with E-state index in [0.717, 1.165) is 24.1 Å². The van der Waals surface area contributed by atoms with E-state index in [1.165, 1.54) is 10.6 Å². The van der Waals surface area contributed by atoms with Crippen LogP contribution in [0.5, 0.6) is 0 Å². The number of rotatable bonds is 3. The Balaban J connectivity index is 1.53. The molecule has 3 N–H and O–H groups in total. The minimum absolute atomic E-state index is 0.0547. The second-order valence-corrected chi connectivity index (χ2v) is 6.26. The van der Waals surface area contributed by atoms with Crippen molar-refractivity contribution in [1.29, 1.82) is 0 Å². The van der Waals surface area contributed by atoms with Crippen LogP contribution >= 0.6 is 0 Å². The molecule has 0 bridgehead atoms. The van der Waals surface area contributed by atoms with E-state index in [1.54, 1.807) is 18.5 Å². The molecule has 2 unspecified atom stereocenters. The zero-order valence-electron chi connectivity index (χ0n) is 13.2. The SMILES string of the molecule is CC1CCc2[nH]ncc2C1C(=O)NCc1cc(=O)n2[nH]ccc2n1. The van der Waals surface area contributed by atoms with E-state index >= 15 is 0 Å². The fourth-order valence-corrected chi connectivity index (χ4v) is 3.39. The number of nitrogens with zero attached hydrogens (tertiary/aromatic N) is 3. The maximum Gasteiger partial charge on any atom is 0.272 e. The van der Waals surface area contributed by atoms with E-state index in [0.29, 0.717) is 11.3 Å². The number of carbonyl (C=O) groups excluding carboxylic acids is 1. The largest absolute Gasteiger partial charge is 0.350 e. The first-order valence-corrected chi connectivity index (χ1v) is 7.99. The van der Waals surface area contributed by atoms with Crippen LogP contribution in [0.2, 0.25) is 0 Å². The van der Waals surface area contributed by atoms with Gasteiger partial charge >= 0.3 is 0 Å². The number of hydrogen-bond donors (Lipinski definition) is 3. The Labute approximate surface area is 137 Å². The van der Waals surface area contributed by atoms with Gasteiger partial charge in [-0.1, -0.05) is 6.92 Å². The Morgan fingerprint density at radius 3 is 3.25 bits per heavy atom. The van der Waals surface area contributed by atoms with E-state index in [4.69, 9.17) is 0 Å². The highest BCUT2D eigenvalue weighted by Gasteiger charge is 2.33. The molecular formula is C16H18N6O2. The van der Waals surface area contributed by atoms with E-state index < -0.39 is 0 Å². The van der Waals surface area contributed by atoms with E-state index in [-0.39, 0.29) is 29.8 Å². The number of amides is 1. The lowest BCUT2D eigenvalue weighted by molar-refractivity contribution is -0.124. The van der Waals surface area contributed by atoms with Crippen molar-refractivity contribution in [2.24, 2.45) is 5.92 Å². The molecule has 0 spiro atoms. The summed E-state index contributed by atoms with van der Waals surface area (Å²) in [6.07, 6.45) is 5.26. The van der Waals surface area contributed by atoms with Crippen LogP contribution in [0, 0.1) is 5.92 Å². The molecule has 1 aliphatic carbocycles. The fourth-order valence-electron chi connectivity index (χ4n) is 3.39. The third-order valence-corrected chi connectivity index (χ3v) is 4.67. The number of nitrogens with one attached hydrogen (secondary N) is 3. The van der Waals surface area contributed by atoms with E-state index in [9.17, 15) is 9.59 Å². The molecule has 4 rings (SSSR count). The molecule has 3 aromatic heterocycles. The highest BCUT2D eigenvalue weighted by Crippen LogP contribution is 2.35. The molecular weight excluding hydrogens is 308 g/mol. The molecule has 8 heteroatoms. The van der Waals surface area contributed by atoms with Crippen molar-refractivity contribution in [3.8, 4) is 0 Å². The van der Waals surface area contributed by atoms with Gasteiger partial charge in [-0.25, -0.2) is 9.50 Å². The van der Waals surface area contributed by atoms with Crippen molar-refractivity contribution in [2.75, 3.05) is 0 Å². The number of aryl methyl sites for hydroxylation is 1. The van der Waals surface area contributed by atoms with Crippen LogP contribution in [0.25, 0.3) is 5.65 Å². The predicted molar refractivity (Wildman–Crippen MR) is 86.5 cm³/mol. The van der Waals surface area contributed by atoms with Gasteiger partial charge in [-0.15, -0.1) is 0 Å².